The molecule has 2 aromatic carbocycles. The van der Waals surface area contributed by atoms with E-state index in [4.69, 9.17) is 0 Å². The SMILES string of the molecule is O=[N+]([O-])c1ccc(-c2ccccc2-c2ccccc2)nc1. The normalized spacial score (nSPS) is 10.3. The summed E-state index contributed by atoms with van der Waals surface area (Å²) in [5.41, 5.74) is 3.82. The maximum absolute atomic E-state index is 10.7. The summed E-state index contributed by atoms with van der Waals surface area (Å²) in [5.74, 6) is 0. The molecule has 0 amide bonds. The van der Waals surface area contributed by atoms with E-state index in [1.54, 1.807) is 6.07 Å². The van der Waals surface area contributed by atoms with E-state index in [1.165, 1.54) is 12.3 Å². The van der Waals surface area contributed by atoms with E-state index in [0.29, 0.717) is 0 Å². The van der Waals surface area contributed by atoms with Crippen LogP contribution in [0.25, 0.3) is 22.4 Å². The van der Waals surface area contributed by atoms with E-state index in [0.717, 1.165) is 22.4 Å². The number of pyridine rings is 1. The highest BCUT2D eigenvalue weighted by Crippen LogP contribution is 2.31. The summed E-state index contributed by atoms with van der Waals surface area (Å²) < 4.78 is 0. The number of hydrogen-bond donors (Lipinski definition) is 0. The van der Waals surface area contributed by atoms with Crippen LogP contribution in [0.1, 0.15) is 0 Å². The molecule has 0 saturated carbocycles. The van der Waals surface area contributed by atoms with Gasteiger partial charge in [0.25, 0.3) is 5.69 Å². The largest absolute Gasteiger partial charge is 0.287 e. The van der Waals surface area contributed by atoms with E-state index in [2.05, 4.69) is 4.98 Å². The summed E-state index contributed by atoms with van der Waals surface area (Å²) in [6, 6.07) is 21.0. The van der Waals surface area contributed by atoms with Crippen molar-refractivity contribution in [2.45, 2.75) is 0 Å². The molecule has 0 saturated heterocycles. The van der Waals surface area contributed by atoms with Crippen molar-refractivity contribution in [1.29, 1.82) is 0 Å². The molecule has 4 nitrogen and oxygen atoms in total. The van der Waals surface area contributed by atoms with Crippen LogP contribution in [0.5, 0.6) is 0 Å². The van der Waals surface area contributed by atoms with E-state index in [9.17, 15) is 10.1 Å². The lowest BCUT2D eigenvalue weighted by molar-refractivity contribution is -0.385. The lowest BCUT2D eigenvalue weighted by Crippen LogP contribution is -1.91. The summed E-state index contributed by atoms with van der Waals surface area (Å²) >= 11 is 0. The third-order valence-corrected chi connectivity index (χ3v) is 3.25. The summed E-state index contributed by atoms with van der Waals surface area (Å²) in [7, 11) is 0. The molecule has 0 aliphatic heterocycles. The highest BCUT2D eigenvalue weighted by atomic mass is 16.6. The molecule has 1 heterocycles. The van der Waals surface area contributed by atoms with Gasteiger partial charge in [-0.15, -0.1) is 0 Å². The standard InChI is InChI=1S/C17H12N2O2/c20-19(21)14-10-11-17(18-12-14)16-9-5-4-8-15(16)13-6-2-1-3-7-13/h1-12H. The van der Waals surface area contributed by atoms with Crippen molar-refractivity contribution >= 4 is 5.69 Å². The minimum Gasteiger partial charge on any atom is -0.258 e. The maximum atomic E-state index is 10.7. The Morgan fingerprint density at radius 1 is 0.810 bits per heavy atom. The van der Waals surface area contributed by atoms with Gasteiger partial charge in [-0.05, 0) is 17.2 Å². The Labute approximate surface area is 121 Å². The van der Waals surface area contributed by atoms with Gasteiger partial charge >= 0.3 is 0 Å². The van der Waals surface area contributed by atoms with E-state index in [-0.39, 0.29) is 5.69 Å². The molecule has 0 fully saturated rings. The zero-order valence-corrected chi connectivity index (χ0v) is 11.1. The van der Waals surface area contributed by atoms with Crippen molar-refractivity contribution < 1.29 is 4.92 Å². The third-order valence-electron chi connectivity index (χ3n) is 3.25. The van der Waals surface area contributed by atoms with Crippen LogP contribution in [0, 0.1) is 10.1 Å². The van der Waals surface area contributed by atoms with Gasteiger partial charge in [-0.25, -0.2) is 4.98 Å². The fraction of sp³-hybridized carbons (Fsp3) is 0. The van der Waals surface area contributed by atoms with E-state index < -0.39 is 4.92 Å². The molecule has 0 atom stereocenters. The quantitative estimate of drug-likeness (QED) is 0.528. The molecule has 102 valence electrons. The number of benzene rings is 2. The Kier molecular flexibility index (Phi) is 3.43. The molecular formula is C17H12N2O2. The van der Waals surface area contributed by atoms with Crippen LogP contribution in [0.3, 0.4) is 0 Å². The van der Waals surface area contributed by atoms with Crippen molar-refractivity contribution in [2.75, 3.05) is 0 Å². The number of rotatable bonds is 3. The highest BCUT2D eigenvalue weighted by Gasteiger charge is 2.10. The third kappa shape index (κ3) is 2.65. The predicted octanol–water partition coefficient (Wildman–Crippen LogP) is 4.32. The highest BCUT2D eigenvalue weighted by molar-refractivity contribution is 5.81. The molecule has 0 aliphatic rings. The molecular weight excluding hydrogens is 264 g/mol. The van der Waals surface area contributed by atoms with Crippen LogP contribution in [0.4, 0.5) is 5.69 Å². The molecule has 0 unspecified atom stereocenters. The van der Waals surface area contributed by atoms with Crippen LogP contribution in [-0.4, -0.2) is 9.91 Å². The Morgan fingerprint density at radius 3 is 2.10 bits per heavy atom. The molecule has 3 rings (SSSR count). The monoisotopic (exact) mass is 276 g/mol. The zero-order chi connectivity index (χ0) is 14.7. The fourth-order valence-corrected chi connectivity index (χ4v) is 2.23. The average Bonchev–Trinajstić information content (AvgIpc) is 2.56. The van der Waals surface area contributed by atoms with Gasteiger partial charge in [0, 0.05) is 11.6 Å². The van der Waals surface area contributed by atoms with Gasteiger partial charge in [0.05, 0.1) is 10.6 Å². The van der Waals surface area contributed by atoms with Gasteiger partial charge in [0.2, 0.25) is 0 Å². The van der Waals surface area contributed by atoms with Gasteiger partial charge in [-0.3, -0.25) is 10.1 Å². The summed E-state index contributed by atoms with van der Waals surface area (Å²) in [4.78, 5) is 14.5. The first-order valence-electron chi connectivity index (χ1n) is 6.51. The van der Waals surface area contributed by atoms with Gasteiger partial charge in [-0.2, -0.15) is 0 Å². The molecule has 1 aromatic heterocycles. The molecule has 21 heavy (non-hydrogen) atoms. The first-order valence-corrected chi connectivity index (χ1v) is 6.51. The van der Waals surface area contributed by atoms with E-state index >= 15 is 0 Å². The van der Waals surface area contributed by atoms with Crippen LogP contribution in [0.2, 0.25) is 0 Å². The second-order valence-electron chi connectivity index (χ2n) is 4.57. The number of hydrogen-bond acceptors (Lipinski definition) is 3. The maximum Gasteiger partial charge on any atom is 0.287 e. The molecule has 0 aliphatic carbocycles. The minimum atomic E-state index is -0.445. The lowest BCUT2D eigenvalue weighted by Gasteiger charge is -2.09. The van der Waals surface area contributed by atoms with Crippen molar-refractivity contribution in [3.05, 3.63) is 83.0 Å². The van der Waals surface area contributed by atoms with Crippen LogP contribution in [0.15, 0.2) is 72.9 Å². The Bertz CT molecular complexity index is 768. The average molecular weight is 276 g/mol. The van der Waals surface area contributed by atoms with Crippen molar-refractivity contribution in [1.82, 2.24) is 4.98 Å². The van der Waals surface area contributed by atoms with Crippen LogP contribution in [-0.2, 0) is 0 Å². The first kappa shape index (κ1) is 13.0. The van der Waals surface area contributed by atoms with Crippen molar-refractivity contribution in [2.24, 2.45) is 0 Å². The van der Waals surface area contributed by atoms with Gasteiger partial charge in [0.15, 0.2) is 0 Å². The molecule has 0 N–H and O–H groups in total. The predicted molar refractivity (Wildman–Crippen MR) is 81.8 cm³/mol. The molecule has 0 spiro atoms. The van der Waals surface area contributed by atoms with Crippen LogP contribution < -0.4 is 0 Å². The zero-order valence-electron chi connectivity index (χ0n) is 11.1. The van der Waals surface area contributed by atoms with Crippen molar-refractivity contribution in [3.8, 4) is 22.4 Å². The summed E-state index contributed by atoms with van der Waals surface area (Å²) in [5, 5.41) is 10.7. The second kappa shape index (κ2) is 5.54. The number of nitro groups is 1. The minimum absolute atomic E-state index is 0.00376. The van der Waals surface area contributed by atoms with Gasteiger partial charge < -0.3 is 0 Å². The van der Waals surface area contributed by atoms with E-state index in [1.807, 2.05) is 54.6 Å². The topological polar surface area (TPSA) is 56.0 Å². The van der Waals surface area contributed by atoms with Gasteiger partial charge in [0.1, 0.15) is 6.20 Å². The smallest absolute Gasteiger partial charge is 0.258 e. The fourth-order valence-electron chi connectivity index (χ4n) is 2.23. The molecule has 0 bridgehead atoms. The van der Waals surface area contributed by atoms with Crippen molar-refractivity contribution in [3.63, 3.8) is 0 Å². The second-order valence-corrected chi connectivity index (χ2v) is 4.57. The Hall–Kier alpha value is -3.01. The summed E-state index contributed by atoms with van der Waals surface area (Å²) in [6.07, 6.45) is 1.29. The molecule has 3 aromatic rings. The van der Waals surface area contributed by atoms with Crippen LogP contribution >= 0.6 is 0 Å². The number of nitrogens with zero attached hydrogens (tertiary/aromatic N) is 2. The molecule has 0 radical (unpaired) electrons. The number of aromatic nitrogens is 1. The van der Waals surface area contributed by atoms with Gasteiger partial charge in [-0.1, -0.05) is 54.6 Å². The molecule has 4 heteroatoms. The lowest BCUT2D eigenvalue weighted by atomic mass is 9.97. The summed E-state index contributed by atoms with van der Waals surface area (Å²) in [6.45, 7) is 0. The Balaban J connectivity index is 2.09. The Morgan fingerprint density at radius 2 is 1.48 bits per heavy atom. The first-order chi connectivity index (χ1) is 10.3.